The number of aromatic nitrogens is 3. The van der Waals surface area contributed by atoms with Crippen molar-refractivity contribution < 1.29 is 0 Å². The monoisotopic (exact) mass is 228 g/mol. The molecular weight excluding hydrogens is 223 g/mol. The topological polar surface area (TPSA) is 67.6 Å². The van der Waals surface area contributed by atoms with Gasteiger partial charge in [-0.1, -0.05) is 23.2 Å². The van der Waals surface area contributed by atoms with E-state index in [0.717, 1.165) is 0 Å². The molecule has 4 nitrogen and oxygen atoms in total. The predicted molar refractivity (Wildman–Crippen MR) is 56.3 cm³/mol. The number of aromatic amines is 1. The molecule has 0 aliphatic heterocycles. The molecule has 0 atom stereocenters. The van der Waals surface area contributed by atoms with Gasteiger partial charge in [-0.3, -0.25) is 5.10 Å². The molecular formula is C8H6Cl2N4. The van der Waals surface area contributed by atoms with Crippen LogP contribution in [0.3, 0.4) is 0 Å². The number of hydrogen-bond acceptors (Lipinski definition) is 3. The number of nitrogens with two attached hydrogens (primary N) is 1. The third-order valence-electron chi connectivity index (χ3n) is 1.69. The second kappa shape index (κ2) is 3.48. The van der Waals surface area contributed by atoms with Gasteiger partial charge in [0.2, 0.25) is 5.95 Å². The molecule has 0 fully saturated rings. The lowest BCUT2D eigenvalue weighted by Crippen LogP contribution is -1.86. The maximum Gasteiger partial charge on any atom is 0.239 e. The lowest BCUT2D eigenvalue weighted by molar-refractivity contribution is 1.10. The SMILES string of the molecule is Nc1n[nH]c(-c2cc(Cl)ccc2Cl)n1. The molecule has 6 heteroatoms. The van der Waals surface area contributed by atoms with Crippen LogP contribution in [0.15, 0.2) is 18.2 Å². The molecule has 0 saturated carbocycles. The number of nitrogen functional groups attached to an aromatic ring is 1. The van der Waals surface area contributed by atoms with Crippen LogP contribution in [0.1, 0.15) is 0 Å². The van der Waals surface area contributed by atoms with Crippen molar-refractivity contribution in [2.24, 2.45) is 0 Å². The summed E-state index contributed by atoms with van der Waals surface area (Å²) in [6.07, 6.45) is 0. The van der Waals surface area contributed by atoms with Gasteiger partial charge in [-0.15, -0.1) is 5.10 Å². The summed E-state index contributed by atoms with van der Waals surface area (Å²) in [6, 6.07) is 5.09. The summed E-state index contributed by atoms with van der Waals surface area (Å²) in [6.45, 7) is 0. The third kappa shape index (κ3) is 1.66. The Labute approximate surface area is 90.1 Å². The van der Waals surface area contributed by atoms with Crippen LogP contribution < -0.4 is 5.73 Å². The molecule has 0 spiro atoms. The van der Waals surface area contributed by atoms with Crippen LogP contribution in [0, 0.1) is 0 Å². The van der Waals surface area contributed by atoms with Crippen LogP contribution in [0.2, 0.25) is 10.0 Å². The Kier molecular flexibility index (Phi) is 2.31. The minimum Gasteiger partial charge on any atom is -0.366 e. The highest BCUT2D eigenvalue weighted by Gasteiger charge is 2.08. The van der Waals surface area contributed by atoms with Crippen molar-refractivity contribution in [3.8, 4) is 11.4 Å². The van der Waals surface area contributed by atoms with Gasteiger partial charge in [0.05, 0.1) is 5.02 Å². The van der Waals surface area contributed by atoms with Gasteiger partial charge in [0.15, 0.2) is 5.82 Å². The summed E-state index contributed by atoms with van der Waals surface area (Å²) in [5, 5.41) is 7.49. The van der Waals surface area contributed by atoms with E-state index in [1.165, 1.54) is 0 Å². The highest BCUT2D eigenvalue weighted by molar-refractivity contribution is 6.35. The van der Waals surface area contributed by atoms with Crippen molar-refractivity contribution >= 4 is 29.2 Å². The van der Waals surface area contributed by atoms with Crippen LogP contribution in [0.4, 0.5) is 5.95 Å². The number of nitrogens with zero attached hydrogens (tertiary/aromatic N) is 2. The van der Waals surface area contributed by atoms with Gasteiger partial charge in [-0.2, -0.15) is 4.98 Å². The van der Waals surface area contributed by atoms with Gasteiger partial charge in [-0.25, -0.2) is 0 Å². The number of nitrogens with one attached hydrogen (secondary N) is 1. The number of H-pyrrole nitrogens is 1. The summed E-state index contributed by atoms with van der Waals surface area (Å²) < 4.78 is 0. The Bertz CT molecular complexity index is 466. The van der Waals surface area contributed by atoms with E-state index in [-0.39, 0.29) is 5.95 Å². The molecule has 14 heavy (non-hydrogen) atoms. The molecule has 72 valence electrons. The van der Waals surface area contributed by atoms with Crippen LogP contribution in [0.5, 0.6) is 0 Å². The average Bonchev–Trinajstić information content (AvgIpc) is 2.56. The Morgan fingerprint density at radius 3 is 2.71 bits per heavy atom. The highest BCUT2D eigenvalue weighted by atomic mass is 35.5. The Morgan fingerprint density at radius 2 is 2.07 bits per heavy atom. The van der Waals surface area contributed by atoms with E-state index in [1.807, 2.05) is 0 Å². The normalized spacial score (nSPS) is 10.4. The summed E-state index contributed by atoms with van der Waals surface area (Å²) >= 11 is 11.8. The second-order valence-corrected chi connectivity index (χ2v) is 3.51. The number of benzene rings is 1. The van der Waals surface area contributed by atoms with Crippen molar-refractivity contribution in [1.29, 1.82) is 0 Å². The summed E-state index contributed by atoms with van der Waals surface area (Å²) in [7, 11) is 0. The number of halogens is 2. The number of rotatable bonds is 1. The van der Waals surface area contributed by atoms with Crippen molar-refractivity contribution in [1.82, 2.24) is 15.2 Å². The van der Waals surface area contributed by atoms with E-state index in [2.05, 4.69) is 15.2 Å². The average molecular weight is 229 g/mol. The van der Waals surface area contributed by atoms with Crippen molar-refractivity contribution in [2.45, 2.75) is 0 Å². The zero-order valence-corrected chi connectivity index (χ0v) is 8.47. The summed E-state index contributed by atoms with van der Waals surface area (Å²) in [5.74, 6) is 0.686. The van der Waals surface area contributed by atoms with Crippen molar-refractivity contribution in [3.05, 3.63) is 28.2 Å². The number of hydrogen-bond donors (Lipinski definition) is 2. The van der Waals surface area contributed by atoms with E-state index in [4.69, 9.17) is 28.9 Å². The lowest BCUT2D eigenvalue weighted by Gasteiger charge is -1.99. The molecule has 2 rings (SSSR count). The van der Waals surface area contributed by atoms with Gasteiger partial charge in [-0.05, 0) is 18.2 Å². The molecule has 1 heterocycles. The molecule has 1 aromatic heterocycles. The van der Waals surface area contributed by atoms with Gasteiger partial charge >= 0.3 is 0 Å². The molecule has 3 N–H and O–H groups in total. The van der Waals surface area contributed by atoms with Gasteiger partial charge in [0.25, 0.3) is 0 Å². The van der Waals surface area contributed by atoms with Crippen molar-refractivity contribution in [3.63, 3.8) is 0 Å². The molecule has 0 bridgehead atoms. The smallest absolute Gasteiger partial charge is 0.239 e. The van der Waals surface area contributed by atoms with Gasteiger partial charge in [0, 0.05) is 10.6 Å². The third-order valence-corrected chi connectivity index (χ3v) is 2.25. The molecule has 0 amide bonds. The molecule has 0 aliphatic rings. The maximum atomic E-state index is 5.95. The quantitative estimate of drug-likeness (QED) is 0.788. The molecule has 2 aromatic rings. The molecule has 0 radical (unpaired) electrons. The van der Waals surface area contributed by atoms with Crippen LogP contribution >= 0.6 is 23.2 Å². The van der Waals surface area contributed by atoms with Gasteiger partial charge in [0.1, 0.15) is 0 Å². The largest absolute Gasteiger partial charge is 0.366 e. The summed E-state index contributed by atoms with van der Waals surface area (Å²) in [4.78, 5) is 3.95. The Hall–Kier alpha value is -1.26. The fourth-order valence-corrected chi connectivity index (χ4v) is 1.45. The first-order valence-corrected chi connectivity index (χ1v) is 4.56. The fourth-order valence-electron chi connectivity index (χ4n) is 1.07. The molecule has 0 saturated heterocycles. The first-order chi connectivity index (χ1) is 6.66. The molecule has 0 aliphatic carbocycles. The Morgan fingerprint density at radius 1 is 1.29 bits per heavy atom. The highest BCUT2D eigenvalue weighted by Crippen LogP contribution is 2.28. The lowest BCUT2D eigenvalue weighted by atomic mass is 10.2. The first-order valence-electron chi connectivity index (χ1n) is 3.80. The van der Waals surface area contributed by atoms with Crippen LogP contribution in [-0.2, 0) is 0 Å². The van der Waals surface area contributed by atoms with Gasteiger partial charge < -0.3 is 5.73 Å². The first kappa shape index (κ1) is 9.30. The predicted octanol–water partition coefficient (Wildman–Crippen LogP) is 2.36. The summed E-state index contributed by atoms with van der Waals surface area (Å²) in [5.41, 5.74) is 6.06. The van der Waals surface area contributed by atoms with E-state index in [1.54, 1.807) is 18.2 Å². The minimum absolute atomic E-state index is 0.177. The zero-order chi connectivity index (χ0) is 10.1. The van der Waals surface area contributed by atoms with Crippen molar-refractivity contribution in [2.75, 3.05) is 5.73 Å². The van der Waals surface area contributed by atoms with E-state index < -0.39 is 0 Å². The zero-order valence-electron chi connectivity index (χ0n) is 6.96. The maximum absolute atomic E-state index is 5.95. The second-order valence-electron chi connectivity index (χ2n) is 2.67. The Balaban J connectivity index is 2.55. The van der Waals surface area contributed by atoms with E-state index >= 15 is 0 Å². The minimum atomic E-state index is 0.177. The standard InChI is InChI=1S/C8H6Cl2N4/c9-4-1-2-6(10)5(3-4)7-12-8(11)14-13-7/h1-3H,(H3,11,12,13,14). The van der Waals surface area contributed by atoms with Crippen LogP contribution in [-0.4, -0.2) is 15.2 Å². The van der Waals surface area contributed by atoms with E-state index in [9.17, 15) is 0 Å². The fraction of sp³-hybridized carbons (Fsp3) is 0. The van der Waals surface area contributed by atoms with E-state index in [0.29, 0.717) is 21.4 Å². The molecule has 1 aromatic carbocycles. The molecule has 0 unspecified atom stereocenters. The number of anilines is 1. The van der Waals surface area contributed by atoms with Crippen LogP contribution in [0.25, 0.3) is 11.4 Å².